The van der Waals surface area contributed by atoms with Crippen LogP contribution in [0.2, 0.25) is 0 Å². The van der Waals surface area contributed by atoms with E-state index in [0.717, 1.165) is 5.56 Å². The lowest BCUT2D eigenvalue weighted by Crippen LogP contribution is -2.20. The molecular weight excluding hydrogens is 358 g/mol. The maximum Gasteiger partial charge on any atom is 0.331 e. The molecular formula is C22H25NO5. The third kappa shape index (κ3) is 7.15. The molecule has 0 aliphatic carbocycles. The van der Waals surface area contributed by atoms with Gasteiger partial charge >= 0.3 is 5.97 Å². The van der Waals surface area contributed by atoms with Crippen LogP contribution in [0.5, 0.6) is 11.5 Å². The Balaban J connectivity index is 1.86. The Labute approximate surface area is 165 Å². The van der Waals surface area contributed by atoms with Crippen molar-refractivity contribution in [3.05, 3.63) is 60.2 Å². The fraction of sp³-hybridized carbons (Fsp3) is 0.273. The summed E-state index contributed by atoms with van der Waals surface area (Å²) in [5.41, 5.74) is 1.39. The van der Waals surface area contributed by atoms with Crippen LogP contribution < -0.4 is 14.8 Å². The van der Waals surface area contributed by atoms with Crippen molar-refractivity contribution in [1.82, 2.24) is 0 Å². The van der Waals surface area contributed by atoms with Gasteiger partial charge in [-0.3, -0.25) is 4.79 Å². The highest BCUT2D eigenvalue weighted by Gasteiger charge is 2.08. The molecule has 6 heteroatoms. The summed E-state index contributed by atoms with van der Waals surface area (Å²) in [5, 5.41) is 2.64. The fourth-order valence-corrected chi connectivity index (χ4v) is 2.23. The van der Waals surface area contributed by atoms with Gasteiger partial charge in [0.1, 0.15) is 0 Å². The molecule has 0 spiro atoms. The van der Waals surface area contributed by atoms with Crippen LogP contribution in [0.15, 0.2) is 54.6 Å². The molecule has 0 fully saturated rings. The molecule has 1 amide bonds. The third-order valence-corrected chi connectivity index (χ3v) is 3.57. The molecule has 0 radical (unpaired) electrons. The second kappa shape index (κ2) is 10.8. The van der Waals surface area contributed by atoms with Gasteiger partial charge in [-0.05, 0) is 41.8 Å². The molecule has 0 unspecified atom stereocenters. The topological polar surface area (TPSA) is 73.9 Å². The van der Waals surface area contributed by atoms with Crippen molar-refractivity contribution in [3.8, 4) is 11.5 Å². The number of para-hydroxylation sites is 1. The van der Waals surface area contributed by atoms with Crippen molar-refractivity contribution in [2.24, 2.45) is 5.92 Å². The second-order valence-electron chi connectivity index (χ2n) is 6.47. The molecule has 0 bridgehead atoms. The van der Waals surface area contributed by atoms with Crippen molar-refractivity contribution >= 4 is 23.6 Å². The molecule has 0 saturated carbocycles. The largest absolute Gasteiger partial charge is 0.493 e. The highest BCUT2D eigenvalue weighted by Crippen LogP contribution is 2.29. The summed E-state index contributed by atoms with van der Waals surface area (Å²) < 4.78 is 16.0. The Bertz CT molecular complexity index is 815. The SMILES string of the molecule is COc1cc(/C=C/C(=O)OCC(=O)Nc2ccccc2)ccc1OCC(C)C. The highest BCUT2D eigenvalue weighted by molar-refractivity contribution is 5.94. The lowest BCUT2D eigenvalue weighted by Gasteiger charge is -2.12. The molecule has 28 heavy (non-hydrogen) atoms. The molecule has 6 nitrogen and oxygen atoms in total. The minimum absolute atomic E-state index is 0.358. The van der Waals surface area contributed by atoms with E-state index in [1.54, 1.807) is 49.6 Å². The van der Waals surface area contributed by atoms with Crippen LogP contribution in [0.4, 0.5) is 5.69 Å². The zero-order chi connectivity index (χ0) is 20.4. The highest BCUT2D eigenvalue weighted by atomic mass is 16.5. The van der Waals surface area contributed by atoms with E-state index in [0.29, 0.717) is 29.7 Å². The van der Waals surface area contributed by atoms with Gasteiger partial charge in [-0.2, -0.15) is 0 Å². The zero-order valence-electron chi connectivity index (χ0n) is 16.3. The van der Waals surface area contributed by atoms with Crippen LogP contribution in [0.3, 0.4) is 0 Å². The van der Waals surface area contributed by atoms with Crippen LogP contribution in [-0.2, 0) is 14.3 Å². The molecule has 0 aromatic heterocycles. The third-order valence-electron chi connectivity index (χ3n) is 3.57. The van der Waals surface area contributed by atoms with Gasteiger partial charge in [0.05, 0.1) is 13.7 Å². The van der Waals surface area contributed by atoms with Crippen molar-refractivity contribution in [2.45, 2.75) is 13.8 Å². The van der Waals surface area contributed by atoms with Gasteiger partial charge in [-0.1, -0.05) is 38.1 Å². The average Bonchev–Trinajstić information content (AvgIpc) is 2.70. The Kier molecular flexibility index (Phi) is 8.09. The van der Waals surface area contributed by atoms with Crippen molar-refractivity contribution in [2.75, 3.05) is 25.6 Å². The number of anilines is 1. The number of hydrogen-bond donors (Lipinski definition) is 1. The minimum atomic E-state index is -0.609. The van der Waals surface area contributed by atoms with Gasteiger partial charge in [0.15, 0.2) is 18.1 Å². The van der Waals surface area contributed by atoms with Crippen molar-refractivity contribution in [1.29, 1.82) is 0 Å². The van der Waals surface area contributed by atoms with E-state index in [-0.39, 0.29) is 6.61 Å². The Morgan fingerprint density at radius 1 is 1.07 bits per heavy atom. The first kappa shape index (κ1) is 21.0. The maximum atomic E-state index is 11.8. The number of rotatable bonds is 9. The molecule has 2 rings (SSSR count). The molecule has 0 atom stereocenters. The summed E-state index contributed by atoms with van der Waals surface area (Å²) in [4.78, 5) is 23.6. The summed E-state index contributed by atoms with van der Waals surface area (Å²) in [6.45, 7) is 4.36. The van der Waals surface area contributed by atoms with E-state index in [9.17, 15) is 9.59 Å². The van der Waals surface area contributed by atoms with Crippen LogP contribution in [0.1, 0.15) is 19.4 Å². The van der Waals surface area contributed by atoms with E-state index in [1.807, 2.05) is 12.1 Å². The number of ether oxygens (including phenoxy) is 3. The average molecular weight is 383 g/mol. The molecule has 0 aliphatic rings. The summed E-state index contributed by atoms with van der Waals surface area (Å²) in [7, 11) is 1.56. The number of esters is 1. The van der Waals surface area contributed by atoms with Crippen molar-refractivity contribution < 1.29 is 23.8 Å². The normalized spacial score (nSPS) is 10.7. The molecule has 0 saturated heterocycles. The molecule has 2 aromatic rings. The second-order valence-corrected chi connectivity index (χ2v) is 6.47. The Morgan fingerprint density at radius 3 is 2.50 bits per heavy atom. The van der Waals surface area contributed by atoms with E-state index in [1.165, 1.54) is 6.08 Å². The smallest absolute Gasteiger partial charge is 0.331 e. The van der Waals surface area contributed by atoms with Gasteiger partial charge in [0, 0.05) is 11.8 Å². The first-order valence-corrected chi connectivity index (χ1v) is 8.98. The number of amides is 1. The first-order valence-electron chi connectivity index (χ1n) is 8.98. The van der Waals surface area contributed by atoms with E-state index < -0.39 is 11.9 Å². The predicted molar refractivity (Wildman–Crippen MR) is 108 cm³/mol. The number of methoxy groups -OCH3 is 1. The quantitative estimate of drug-likeness (QED) is 0.525. The molecule has 0 aliphatic heterocycles. The van der Waals surface area contributed by atoms with Gasteiger partial charge < -0.3 is 19.5 Å². The molecule has 2 aromatic carbocycles. The molecule has 1 N–H and O–H groups in total. The standard InChI is InChI=1S/C22H25NO5/c1-16(2)14-27-19-11-9-17(13-20(19)26-3)10-12-22(25)28-15-21(24)23-18-7-5-4-6-8-18/h4-13,16H,14-15H2,1-3H3,(H,23,24)/b12-10+. The summed E-state index contributed by atoms with van der Waals surface area (Å²) in [6.07, 6.45) is 2.85. The van der Waals surface area contributed by atoms with E-state index in [4.69, 9.17) is 14.2 Å². The number of benzene rings is 2. The fourth-order valence-electron chi connectivity index (χ4n) is 2.23. The van der Waals surface area contributed by atoms with Gasteiger partial charge in [0.25, 0.3) is 5.91 Å². The number of hydrogen-bond acceptors (Lipinski definition) is 5. The Morgan fingerprint density at radius 2 is 1.82 bits per heavy atom. The lowest BCUT2D eigenvalue weighted by molar-refractivity contribution is -0.142. The van der Waals surface area contributed by atoms with Crippen LogP contribution in [-0.4, -0.2) is 32.2 Å². The first-order chi connectivity index (χ1) is 13.5. The van der Waals surface area contributed by atoms with Crippen LogP contribution in [0.25, 0.3) is 6.08 Å². The van der Waals surface area contributed by atoms with Crippen molar-refractivity contribution in [3.63, 3.8) is 0 Å². The summed E-state index contributed by atoms with van der Waals surface area (Å²) in [5.74, 6) is 0.619. The summed E-state index contributed by atoms with van der Waals surface area (Å²) in [6, 6.07) is 14.3. The number of carbonyl (C=O) groups excluding carboxylic acids is 2. The van der Waals surface area contributed by atoms with Gasteiger partial charge in [0.2, 0.25) is 0 Å². The summed E-state index contributed by atoms with van der Waals surface area (Å²) >= 11 is 0. The number of carbonyl (C=O) groups is 2. The monoisotopic (exact) mass is 383 g/mol. The maximum absolute atomic E-state index is 11.8. The lowest BCUT2D eigenvalue weighted by atomic mass is 10.2. The van der Waals surface area contributed by atoms with E-state index >= 15 is 0 Å². The van der Waals surface area contributed by atoms with Crippen LogP contribution in [0, 0.1) is 5.92 Å². The predicted octanol–water partition coefficient (Wildman–Crippen LogP) is 3.93. The molecule has 148 valence electrons. The van der Waals surface area contributed by atoms with Crippen LogP contribution >= 0.6 is 0 Å². The van der Waals surface area contributed by atoms with Gasteiger partial charge in [-0.15, -0.1) is 0 Å². The van der Waals surface area contributed by atoms with Gasteiger partial charge in [-0.25, -0.2) is 4.79 Å². The zero-order valence-corrected chi connectivity index (χ0v) is 16.3. The van der Waals surface area contributed by atoms with E-state index in [2.05, 4.69) is 19.2 Å². The minimum Gasteiger partial charge on any atom is -0.493 e. The molecule has 0 heterocycles. The number of nitrogens with one attached hydrogen (secondary N) is 1. The Hall–Kier alpha value is -3.28.